The Balaban J connectivity index is 1.76. The van der Waals surface area contributed by atoms with Crippen LogP contribution in [0, 0.1) is 0 Å². The Labute approximate surface area is 107 Å². The lowest BCUT2D eigenvalue weighted by atomic mass is 9.80. The molecule has 0 bridgehead atoms. The van der Waals surface area contributed by atoms with E-state index in [1.165, 1.54) is 0 Å². The van der Waals surface area contributed by atoms with E-state index in [1.54, 1.807) is 4.52 Å². The Kier molecular flexibility index (Phi) is 2.56. The van der Waals surface area contributed by atoms with Gasteiger partial charge in [-0.2, -0.15) is 4.98 Å². The number of fused-ring (bicyclic) bond motifs is 1. The number of aromatic nitrogens is 3. The summed E-state index contributed by atoms with van der Waals surface area (Å²) in [6.07, 6.45) is 4.67. The predicted molar refractivity (Wildman–Crippen MR) is 68.0 cm³/mol. The van der Waals surface area contributed by atoms with Crippen LogP contribution in [0.1, 0.15) is 19.3 Å². The molecule has 17 heavy (non-hydrogen) atoms. The number of pyridine rings is 1. The Morgan fingerprint density at radius 2 is 2.29 bits per heavy atom. The lowest BCUT2D eigenvalue weighted by molar-refractivity contribution is -0.0203. The van der Waals surface area contributed by atoms with Gasteiger partial charge in [0.25, 0.3) is 0 Å². The summed E-state index contributed by atoms with van der Waals surface area (Å²) >= 11 is 3.38. The third-order valence-corrected chi connectivity index (χ3v) is 3.62. The van der Waals surface area contributed by atoms with Crippen molar-refractivity contribution in [1.29, 1.82) is 0 Å². The maximum atomic E-state index is 9.96. The zero-order valence-electron chi connectivity index (χ0n) is 9.23. The molecule has 0 spiro atoms. The van der Waals surface area contributed by atoms with E-state index in [-0.39, 0.29) is 0 Å². The van der Waals surface area contributed by atoms with Crippen molar-refractivity contribution >= 4 is 27.5 Å². The van der Waals surface area contributed by atoms with Gasteiger partial charge in [0.1, 0.15) is 0 Å². The second kappa shape index (κ2) is 3.96. The minimum Gasteiger partial charge on any atom is -0.388 e. The van der Waals surface area contributed by atoms with Gasteiger partial charge in [0.2, 0.25) is 5.95 Å². The highest BCUT2D eigenvalue weighted by molar-refractivity contribution is 9.10. The number of halogens is 1. The Bertz CT molecular complexity index is 549. The molecule has 2 aromatic heterocycles. The second-order valence-electron chi connectivity index (χ2n) is 4.52. The zero-order chi connectivity index (χ0) is 11.9. The highest BCUT2D eigenvalue weighted by Crippen LogP contribution is 2.31. The molecule has 1 fully saturated rings. The first-order chi connectivity index (χ1) is 8.15. The summed E-state index contributed by atoms with van der Waals surface area (Å²) in [5.41, 5.74) is 0.231. The number of nitrogens with one attached hydrogen (secondary N) is 1. The van der Waals surface area contributed by atoms with E-state index in [4.69, 9.17) is 0 Å². The van der Waals surface area contributed by atoms with Gasteiger partial charge in [0, 0.05) is 17.2 Å². The molecule has 0 radical (unpaired) electrons. The van der Waals surface area contributed by atoms with E-state index in [9.17, 15) is 5.11 Å². The average molecular weight is 297 g/mol. The second-order valence-corrected chi connectivity index (χ2v) is 5.43. The summed E-state index contributed by atoms with van der Waals surface area (Å²) < 4.78 is 2.66. The van der Waals surface area contributed by atoms with Crippen LogP contribution in [0.2, 0.25) is 0 Å². The summed E-state index contributed by atoms with van der Waals surface area (Å²) in [4.78, 5) is 4.32. The van der Waals surface area contributed by atoms with Gasteiger partial charge in [-0.25, -0.2) is 4.52 Å². The normalized spacial score (nSPS) is 18.0. The molecule has 0 saturated heterocycles. The molecular formula is C11H13BrN4O. The van der Waals surface area contributed by atoms with E-state index in [0.717, 1.165) is 29.4 Å². The van der Waals surface area contributed by atoms with E-state index in [2.05, 4.69) is 31.3 Å². The third-order valence-electron chi connectivity index (χ3n) is 3.15. The van der Waals surface area contributed by atoms with Gasteiger partial charge in [-0.3, -0.25) is 0 Å². The fourth-order valence-corrected chi connectivity index (χ4v) is 2.26. The highest BCUT2D eigenvalue weighted by atomic mass is 79.9. The van der Waals surface area contributed by atoms with Crippen molar-refractivity contribution in [1.82, 2.24) is 14.6 Å². The molecular weight excluding hydrogens is 284 g/mol. The van der Waals surface area contributed by atoms with Gasteiger partial charge < -0.3 is 10.4 Å². The van der Waals surface area contributed by atoms with Crippen LogP contribution in [0.15, 0.2) is 22.8 Å². The summed E-state index contributed by atoms with van der Waals surface area (Å²) in [6.45, 7) is 0.519. The summed E-state index contributed by atoms with van der Waals surface area (Å²) in [6, 6.07) is 3.81. The Hall–Kier alpha value is -1.14. The smallest absolute Gasteiger partial charge is 0.243 e. The van der Waals surface area contributed by atoms with E-state index in [0.29, 0.717) is 12.5 Å². The van der Waals surface area contributed by atoms with Crippen LogP contribution in [0.4, 0.5) is 5.95 Å². The molecule has 1 aliphatic rings. The van der Waals surface area contributed by atoms with Crippen molar-refractivity contribution in [2.75, 3.05) is 11.9 Å². The van der Waals surface area contributed by atoms with Crippen molar-refractivity contribution in [3.8, 4) is 0 Å². The van der Waals surface area contributed by atoms with Crippen LogP contribution in [-0.2, 0) is 0 Å². The van der Waals surface area contributed by atoms with E-state index >= 15 is 0 Å². The topological polar surface area (TPSA) is 62.5 Å². The molecule has 6 heteroatoms. The van der Waals surface area contributed by atoms with Gasteiger partial charge in [0.15, 0.2) is 5.65 Å². The molecule has 2 N–H and O–H groups in total. The van der Waals surface area contributed by atoms with E-state index < -0.39 is 5.60 Å². The van der Waals surface area contributed by atoms with Crippen molar-refractivity contribution < 1.29 is 5.11 Å². The largest absolute Gasteiger partial charge is 0.388 e. The van der Waals surface area contributed by atoms with Crippen LogP contribution in [0.3, 0.4) is 0 Å². The molecule has 90 valence electrons. The van der Waals surface area contributed by atoms with Crippen molar-refractivity contribution in [3.05, 3.63) is 22.8 Å². The van der Waals surface area contributed by atoms with Gasteiger partial charge >= 0.3 is 0 Å². The molecule has 2 aromatic rings. The van der Waals surface area contributed by atoms with Gasteiger partial charge in [-0.1, -0.05) is 0 Å². The van der Waals surface area contributed by atoms with Crippen molar-refractivity contribution in [2.24, 2.45) is 0 Å². The van der Waals surface area contributed by atoms with Crippen molar-refractivity contribution in [2.45, 2.75) is 24.9 Å². The van der Waals surface area contributed by atoms with Crippen LogP contribution in [0.25, 0.3) is 5.65 Å². The van der Waals surface area contributed by atoms with Crippen LogP contribution >= 0.6 is 15.9 Å². The fourth-order valence-electron chi connectivity index (χ4n) is 1.94. The summed E-state index contributed by atoms with van der Waals surface area (Å²) in [5.74, 6) is 0.559. The minimum absolute atomic E-state index is 0.519. The maximum Gasteiger partial charge on any atom is 0.243 e. The van der Waals surface area contributed by atoms with Crippen molar-refractivity contribution in [3.63, 3.8) is 0 Å². The number of nitrogens with zero attached hydrogens (tertiary/aromatic N) is 3. The molecule has 0 unspecified atom stereocenters. The molecule has 0 atom stereocenters. The van der Waals surface area contributed by atoms with Gasteiger partial charge in [0.05, 0.1) is 5.60 Å². The first-order valence-electron chi connectivity index (χ1n) is 5.63. The van der Waals surface area contributed by atoms with Crippen LogP contribution < -0.4 is 5.32 Å². The molecule has 2 heterocycles. The molecule has 0 amide bonds. The minimum atomic E-state index is -0.557. The lowest BCUT2D eigenvalue weighted by Crippen LogP contribution is -2.43. The van der Waals surface area contributed by atoms with E-state index in [1.807, 2.05) is 18.3 Å². The molecule has 0 aromatic carbocycles. The quantitative estimate of drug-likeness (QED) is 0.907. The summed E-state index contributed by atoms with van der Waals surface area (Å²) in [7, 11) is 0. The number of aliphatic hydroxyl groups is 1. The highest BCUT2D eigenvalue weighted by Gasteiger charge is 2.34. The molecule has 0 aliphatic heterocycles. The maximum absolute atomic E-state index is 9.96. The number of rotatable bonds is 3. The molecule has 1 saturated carbocycles. The van der Waals surface area contributed by atoms with Gasteiger partial charge in [-0.15, -0.1) is 5.10 Å². The third kappa shape index (κ3) is 2.14. The number of hydrogen-bond donors (Lipinski definition) is 2. The monoisotopic (exact) mass is 296 g/mol. The molecule has 5 nitrogen and oxygen atoms in total. The van der Waals surface area contributed by atoms with Crippen LogP contribution in [-0.4, -0.2) is 31.9 Å². The number of hydrogen-bond acceptors (Lipinski definition) is 4. The lowest BCUT2D eigenvalue weighted by Gasteiger charge is -2.36. The first-order valence-corrected chi connectivity index (χ1v) is 6.42. The zero-order valence-corrected chi connectivity index (χ0v) is 10.8. The first kappa shape index (κ1) is 11.0. The molecule has 1 aliphatic carbocycles. The predicted octanol–water partition coefficient (Wildman–Crippen LogP) is 1.82. The summed E-state index contributed by atoms with van der Waals surface area (Å²) in [5, 5.41) is 17.3. The Morgan fingerprint density at radius 1 is 1.47 bits per heavy atom. The van der Waals surface area contributed by atoms with Gasteiger partial charge in [-0.05, 0) is 47.3 Å². The van der Waals surface area contributed by atoms with Crippen LogP contribution in [0.5, 0.6) is 0 Å². The Morgan fingerprint density at radius 3 is 3.00 bits per heavy atom. The molecule has 3 rings (SSSR count). The average Bonchev–Trinajstić information content (AvgIpc) is 2.65. The fraction of sp³-hybridized carbons (Fsp3) is 0.455. The number of anilines is 1. The standard InChI is InChI=1S/C11H13BrN4O/c12-8-2-3-9-14-10(15-16(9)6-8)13-7-11(17)4-1-5-11/h2-3,6,17H,1,4-5,7H2,(H,13,15). The SMILES string of the molecule is OC1(CNc2nc3ccc(Br)cn3n2)CCC1.